The monoisotopic (exact) mass is 420 g/mol. The van der Waals surface area contributed by atoms with Crippen molar-refractivity contribution in [2.45, 2.75) is 6.10 Å². The normalized spacial score (nSPS) is 15.5. The number of hydrogen-bond donors (Lipinski definition) is 2. The molecule has 1 aliphatic heterocycles. The van der Waals surface area contributed by atoms with Gasteiger partial charge >= 0.3 is 0 Å². The Morgan fingerprint density at radius 2 is 1.71 bits per heavy atom. The number of pyridine rings is 1. The highest BCUT2D eigenvalue weighted by Gasteiger charge is 2.20. The zero-order valence-corrected chi connectivity index (χ0v) is 17.1. The number of β-amino-alcohol motifs (C(OH)–C–C–N with tert-alkyl or cyclic N) is 1. The molecule has 0 spiro atoms. The first-order valence-electron chi connectivity index (χ1n) is 10.3. The molecule has 1 unspecified atom stereocenters. The van der Waals surface area contributed by atoms with E-state index in [9.17, 15) is 14.3 Å². The van der Waals surface area contributed by atoms with Crippen LogP contribution >= 0.6 is 0 Å². The maximum atomic E-state index is 13.0. The van der Waals surface area contributed by atoms with E-state index in [0.717, 1.165) is 37.6 Å². The van der Waals surface area contributed by atoms with E-state index in [-0.39, 0.29) is 11.7 Å². The maximum absolute atomic E-state index is 13.0. The van der Waals surface area contributed by atoms with Crippen LogP contribution in [0.3, 0.4) is 0 Å². The molecular weight excluding hydrogens is 395 g/mol. The summed E-state index contributed by atoms with van der Waals surface area (Å²) in [5, 5.41) is 13.2. The molecule has 2 N–H and O–H groups in total. The Balaban J connectivity index is 1.28. The first kappa shape index (κ1) is 21.0. The van der Waals surface area contributed by atoms with Crippen molar-refractivity contribution in [3.8, 4) is 0 Å². The van der Waals surface area contributed by atoms with Crippen molar-refractivity contribution in [3.63, 3.8) is 0 Å². The minimum atomic E-state index is -0.491. The summed E-state index contributed by atoms with van der Waals surface area (Å²) in [6.45, 7) is 3.93. The SMILES string of the molecule is O=C(Nc1ccc(N2CCN(CC(O)c3ccccc3)CC2)nc1)c1ccc(F)cc1. The van der Waals surface area contributed by atoms with Gasteiger partial charge in [0.05, 0.1) is 18.0 Å². The Morgan fingerprint density at radius 3 is 2.35 bits per heavy atom. The second-order valence-electron chi connectivity index (χ2n) is 7.58. The van der Waals surface area contributed by atoms with Gasteiger partial charge in [0.15, 0.2) is 0 Å². The lowest BCUT2D eigenvalue weighted by atomic mass is 10.1. The fraction of sp³-hybridized carbons (Fsp3) is 0.250. The molecule has 6 nitrogen and oxygen atoms in total. The van der Waals surface area contributed by atoms with Crippen molar-refractivity contribution in [3.05, 3.63) is 89.9 Å². The number of halogens is 1. The maximum Gasteiger partial charge on any atom is 0.255 e. The van der Waals surface area contributed by atoms with Gasteiger partial charge in [-0.05, 0) is 42.0 Å². The number of carbonyl (C=O) groups is 1. The van der Waals surface area contributed by atoms with Crippen LogP contribution in [0.5, 0.6) is 0 Å². The van der Waals surface area contributed by atoms with Gasteiger partial charge in [0.1, 0.15) is 11.6 Å². The van der Waals surface area contributed by atoms with E-state index < -0.39 is 6.10 Å². The lowest BCUT2D eigenvalue weighted by Gasteiger charge is -2.36. The van der Waals surface area contributed by atoms with Crippen LogP contribution < -0.4 is 10.2 Å². The molecule has 160 valence electrons. The fourth-order valence-corrected chi connectivity index (χ4v) is 3.64. The molecule has 1 aliphatic rings. The van der Waals surface area contributed by atoms with E-state index in [4.69, 9.17) is 0 Å². The van der Waals surface area contributed by atoms with E-state index in [1.165, 1.54) is 24.3 Å². The number of aliphatic hydroxyl groups is 1. The second kappa shape index (κ2) is 9.68. The topological polar surface area (TPSA) is 68.7 Å². The van der Waals surface area contributed by atoms with Gasteiger partial charge in [-0.15, -0.1) is 0 Å². The molecule has 1 atom stereocenters. The van der Waals surface area contributed by atoms with Crippen LogP contribution in [-0.2, 0) is 0 Å². The minimum Gasteiger partial charge on any atom is -0.387 e. The van der Waals surface area contributed by atoms with Crippen molar-refractivity contribution >= 4 is 17.4 Å². The molecule has 0 bridgehead atoms. The molecule has 0 saturated carbocycles. The van der Waals surface area contributed by atoms with E-state index in [1.54, 1.807) is 6.20 Å². The van der Waals surface area contributed by atoms with Gasteiger partial charge in [-0.1, -0.05) is 30.3 Å². The van der Waals surface area contributed by atoms with Gasteiger partial charge in [-0.3, -0.25) is 9.69 Å². The van der Waals surface area contributed by atoms with E-state index in [0.29, 0.717) is 17.8 Å². The number of carbonyl (C=O) groups excluding carboxylic acids is 1. The van der Waals surface area contributed by atoms with E-state index in [1.807, 2.05) is 42.5 Å². The van der Waals surface area contributed by atoms with Crippen molar-refractivity contribution in [1.82, 2.24) is 9.88 Å². The molecule has 1 amide bonds. The van der Waals surface area contributed by atoms with Crippen LogP contribution in [-0.4, -0.2) is 53.6 Å². The summed E-state index contributed by atoms with van der Waals surface area (Å²) in [5.74, 6) is 0.167. The molecule has 2 heterocycles. The van der Waals surface area contributed by atoms with Crippen LogP contribution in [0.2, 0.25) is 0 Å². The number of aromatic nitrogens is 1. The molecule has 1 saturated heterocycles. The van der Waals surface area contributed by atoms with Crippen molar-refractivity contribution in [2.24, 2.45) is 0 Å². The molecule has 3 aromatic rings. The van der Waals surface area contributed by atoms with Gasteiger partial charge in [0.25, 0.3) is 5.91 Å². The predicted molar refractivity (Wildman–Crippen MR) is 119 cm³/mol. The summed E-state index contributed by atoms with van der Waals surface area (Å²) >= 11 is 0. The standard InChI is InChI=1S/C24H25FN4O2/c25-20-8-6-19(7-9-20)24(31)27-21-10-11-23(26-16-21)29-14-12-28(13-15-29)17-22(30)18-4-2-1-3-5-18/h1-11,16,22,30H,12-15,17H2,(H,27,31). The summed E-state index contributed by atoms with van der Waals surface area (Å²) in [7, 11) is 0. The van der Waals surface area contributed by atoms with Crippen LogP contribution in [0, 0.1) is 5.82 Å². The molecule has 2 aromatic carbocycles. The highest BCUT2D eigenvalue weighted by Crippen LogP contribution is 2.19. The first-order chi connectivity index (χ1) is 15.1. The molecular formula is C24H25FN4O2. The first-order valence-corrected chi connectivity index (χ1v) is 10.3. The number of benzene rings is 2. The van der Waals surface area contributed by atoms with Gasteiger partial charge < -0.3 is 15.3 Å². The third-order valence-corrected chi connectivity index (χ3v) is 5.42. The minimum absolute atomic E-state index is 0.305. The Labute approximate surface area is 181 Å². The highest BCUT2D eigenvalue weighted by molar-refractivity contribution is 6.04. The molecule has 4 rings (SSSR count). The number of rotatable bonds is 6. The summed E-state index contributed by atoms with van der Waals surface area (Å²) < 4.78 is 13.0. The molecule has 1 fully saturated rings. The highest BCUT2D eigenvalue weighted by atomic mass is 19.1. The molecule has 7 heteroatoms. The second-order valence-corrected chi connectivity index (χ2v) is 7.58. The van der Waals surface area contributed by atoms with Crippen LogP contribution in [0.1, 0.15) is 22.0 Å². The fourth-order valence-electron chi connectivity index (χ4n) is 3.64. The Hall–Kier alpha value is -3.29. The largest absolute Gasteiger partial charge is 0.387 e. The Morgan fingerprint density at radius 1 is 1.00 bits per heavy atom. The molecule has 31 heavy (non-hydrogen) atoms. The number of nitrogens with zero attached hydrogens (tertiary/aromatic N) is 3. The van der Waals surface area contributed by atoms with Gasteiger partial charge in [0, 0.05) is 38.3 Å². The molecule has 0 aliphatic carbocycles. The average Bonchev–Trinajstić information content (AvgIpc) is 2.81. The quantitative estimate of drug-likeness (QED) is 0.640. The number of hydrogen-bond acceptors (Lipinski definition) is 5. The predicted octanol–water partition coefficient (Wildman–Crippen LogP) is 3.33. The number of piperazine rings is 1. The zero-order chi connectivity index (χ0) is 21.6. The summed E-state index contributed by atoms with van der Waals surface area (Å²) in [4.78, 5) is 21.2. The zero-order valence-electron chi connectivity index (χ0n) is 17.1. The van der Waals surface area contributed by atoms with Gasteiger partial charge in [0.2, 0.25) is 0 Å². The molecule has 1 aromatic heterocycles. The number of aliphatic hydroxyl groups excluding tert-OH is 1. The third-order valence-electron chi connectivity index (χ3n) is 5.42. The number of amides is 1. The third kappa shape index (κ3) is 5.45. The molecule has 0 radical (unpaired) electrons. The summed E-state index contributed by atoms with van der Waals surface area (Å²) in [6.07, 6.45) is 1.14. The lowest BCUT2D eigenvalue weighted by molar-refractivity contribution is 0.102. The van der Waals surface area contributed by atoms with Crippen LogP contribution in [0.4, 0.5) is 15.9 Å². The van der Waals surface area contributed by atoms with Crippen LogP contribution in [0.15, 0.2) is 72.9 Å². The summed E-state index contributed by atoms with van der Waals surface area (Å²) in [5.41, 5.74) is 1.91. The lowest BCUT2D eigenvalue weighted by Crippen LogP contribution is -2.47. The van der Waals surface area contributed by atoms with Crippen molar-refractivity contribution < 1.29 is 14.3 Å². The van der Waals surface area contributed by atoms with Gasteiger partial charge in [-0.25, -0.2) is 9.37 Å². The van der Waals surface area contributed by atoms with Crippen LogP contribution in [0.25, 0.3) is 0 Å². The number of nitrogens with one attached hydrogen (secondary N) is 1. The van der Waals surface area contributed by atoms with E-state index >= 15 is 0 Å². The Kier molecular flexibility index (Phi) is 6.54. The van der Waals surface area contributed by atoms with E-state index in [2.05, 4.69) is 20.1 Å². The van der Waals surface area contributed by atoms with Crippen molar-refractivity contribution in [1.29, 1.82) is 0 Å². The Bertz CT molecular complexity index is 988. The summed E-state index contributed by atoms with van der Waals surface area (Å²) in [6, 6.07) is 18.8. The number of anilines is 2. The van der Waals surface area contributed by atoms with Crippen molar-refractivity contribution in [2.75, 3.05) is 42.9 Å². The smallest absolute Gasteiger partial charge is 0.255 e. The van der Waals surface area contributed by atoms with Gasteiger partial charge in [-0.2, -0.15) is 0 Å². The average molecular weight is 420 g/mol.